The normalized spacial score (nSPS) is 10.9. The Hall–Kier alpha value is -2.12. The summed E-state index contributed by atoms with van der Waals surface area (Å²) in [5.74, 6) is 0.699. The fraction of sp³-hybridized carbons (Fsp3) is 0.200. The van der Waals surface area contributed by atoms with Crippen LogP contribution in [0.2, 0.25) is 5.02 Å². The third kappa shape index (κ3) is 3.30. The molecule has 0 radical (unpaired) electrons. The molecule has 0 atom stereocenters. The molecule has 0 amide bonds. The maximum absolute atomic E-state index is 11.7. The van der Waals surface area contributed by atoms with E-state index in [1.54, 1.807) is 11.4 Å². The van der Waals surface area contributed by atoms with Crippen LogP contribution in [0.5, 0.6) is 0 Å². The first kappa shape index (κ1) is 15.8. The monoisotopic (exact) mass is 348 g/mol. The van der Waals surface area contributed by atoms with Crippen LogP contribution in [0.4, 0.5) is 0 Å². The molecule has 1 aromatic carbocycles. The lowest BCUT2D eigenvalue weighted by Gasteiger charge is -2.03. The van der Waals surface area contributed by atoms with E-state index in [9.17, 15) is 4.79 Å². The number of carbonyl (C=O) groups is 1. The van der Waals surface area contributed by atoms with Gasteiger partial charge in [0, 0.05) is 17.0 Å². The first-order chi connectivity index (χ1) is 11.1. The van der Waals surface area contributed by atoms with Gasteiger partial charge in [-0.2, -0.15) is 9.50 Å². The van der Waals surface area contributed by atoms with Gasteiger partial charge in [0.1, 0.15) is 0 Å². The number of rotatable bonds is 4. The summed E-state index contributed by atoms with van der Waals surface area (Å²) in [5, 5.41) is 5.68. The molecule has 0 bridgehead atoms. The van der Waals surface area contributed by atoms with E-state index in [0.29, 0.717) is 33.0 Å². The molecule has 2 aromatic heterocycles. The Bertz CT molecular complexity index is 881. The van der Waals surface area contributed by atoms with Crippen molar-refractivity contribution in [3.8, 4) is 0 Å². The number of halogens is 1. The molecule has 0 fully saturated rings. The van der Waals surface area contributed by atoms with Gasteiger partial charge in [-0.15, -0.1) is 5.10 Å². The van der Waals surface area contributed by atoms with Crippen molar-refractivity contribution >= 4 is 35.1 Å². The highest BCUT2D eigenvalue weighted by atomic mass is 35.5. The van der Waals surface area contributed by atoms with Gasteiger partial charge in [0.2, 0.25) is 5.16 Å². The predicted octanol–water partition coefficient (Wildman–Crippen LogP) is 3.17. The van der Waals surface area contributed by atoms with E-state index >= 15 is 0 Å². The van der Waals surface area contributed by atoms with Crippen molar-refractivity contribution in [3.05, 3.63) is 52.3 Å². The van der Waals surface area contributed by atoms with Crippen molar-refractivity contribution in [1.29, 1.82) is 0 Å². The van der Waals surface area contributed by atoms with E-state index in [1.807, 2.05) is 24.3 Å². The first-order valence-electron chi connectivity index (χ1n) is 6.76. The molecule has 118 valence electrons. The van der Waals surface area contributed by atoms with Gasteiger partial charge in [-0.05, 0) is 24.6 Å². The summed E-state index contributed by atoms with van der Waals surface area (Å²) in [4.78, 5) is 20.2. The van der Waals surface area contributed by atoms with Crippen LogP contribution in [0, 0.1) is 6.92 Å². The zero-order chi connectivity index (χ0) is 16.4. The lowest BCUT2D eigenvalue weighted by Crippen LogP contribution is -2.09. The Balaban J connectivity index is 1.85. The molecule has 0 aliphatic carbocycles. The van der Waals surface area contributed by atoms with Crippen molar-refractivity contribution in [2.24, 2.45) is 0 Å². The van der Waals surface area contributed by atoms with Gasteiger partial charge in [-0.1, -0.05) is 35.5 Å². The van der Waals surface area contributed by atoms with E-state index in [2.05, 4.69) is 15.1 Å². The van der Waals surface area contributed by atoms with Gasteiger partial charge in [0.25, 0.3) is 5.78 Å². The van der Waals surface area contributed by atoms with Crippen LogP contribution in [0.1, 0.15) is 21.6 Å². The molecule has 0 spiro atoms. The van der Waals surface area contributed by atoms with Gasteiger partial charge in [0.15, 0.2) is 0 Å². The minimum absolute atomic E-state index is 0.372. The van der Waals surface area contributed by atoms with Crippen molar-refractivity contribution in [2.75, 3.05) is 7.11 Å². The van der Waals surface area contributed by atoms with E-state index in [4.69, 9.17) is 16.3 Å². The van der Waals surface area contributed by atoms with E-state index in [1.165, 1.54) is 25.1 Å². The molecular weight excluding hydrogens is 336 g/mol. The Kier molecular flexibility index (Phi) is 4.49. The van der Waals surface area contributed by atoms with Gasteiger partial charge in [-0.25, -0.2) is 9.78 Å². The largest absolute Gasteiger partial charge is 0.465 e. The molecule has 8 heteroatoms. The van der Waals surface area contributed by atoms with Crippen molar-refractivity contribution in [1.82, 2.24) is 19.6 Å². The number of carbonyl (C=O) groups excluding carboxylic acids is 1. The second kappa shape index (κ2) is 6.55. The SMILES string of the molecule is COC(=O)c1cnc2nc(SCc3cccc(Cl)c3)nn2c1C. The number of nitrogens with zero attached hydrogens (tertiary/aromatic N) is 4. The summed E-state index contributed by atoms with van der Waals surface area (Å²) in [6.07, 6.45) is 1.45. The summed E-state index contributed by atoms with van der Waals surface area (Å²) < 4.78 is 6.28. The molecule has 3 aromatic rings. The second-order valence-corrected chi connectivity index (χ2v) is 6.15. The zero-order valence-corrected chi connectivity index (χ0v) is 14.1. The highest BCUT2D eigenvalue weighted by Crippen LogP contribution is 2.22. The Morgan fingerprint density at radius 2 is 2.26 bits per heavy atom. The molecule has 0 aliphatic rings. The van der Waals surface area contributed by atoms with Crippen molar-refractivity contribution in [3.63, 3.8) is 0 Å². The Labute approximate surface area is 141 Å². The Morgan fingerprint density at radius 3 is 3.00 bits per heavy atom. The van der Waals surface area contributed by atoms with Crippen LogP contribution < -0.4 is 0 Å². The minimum Gasteiger partial charge on any atom is -0.465 e. The molecule has 0 unspecified atom stereocenters. The molecule has 0 N–H and O–H groups in total. The lowest BCUT2D eigenvalue weighted by atomic mass is 10.2. The number of aryl methyl sites for hydroxylation is 1. The third-order valence-corrected chi connectivity index (χ3v) is 4.39. The average Bonchev–Trinajstić information content (AvgIpc) is 2.97. The van der Waals surface area contributed by atoms with Crippen LogP contribution in [0.25, 0.3) is 5.78 Å². The third-order valence-electron chi connectivity index (χ3n) is 3.25. The highest BCUT2D eigenvalue weighted by molar-refractivity contribution is 7.98. The second-order valence-electron chi connectivity index (χ2n) is 4.77. The predicted molar refractivity (Wildman–Crippen MR) is 87.9 cm³/mol. The fourth-order valence-corrected chi connectivity index (χ4v) is 3.04. The maximum atomic E-state index is 11.7. The topological polar surface area (TPSA) is 69.4 Å². The van der Waals surface area contributed by atoms with Gasteiger partial charge >= 0.3 is 5.97 Å². The average molecular weight is 349 g/mol. The van der Waals surface area contributed by atoms with Crippen LogP contribution in [0.15, 0.2) is 35.6 Å². The summed E-state index contributed by atoms with van der Waals surface area (Å²) in [6.45, 7) is 1.78. The number of benzene rings is 1. The summed E-state index contributed by atoms with van der Waals surface area (Å²) in [5.41, 5.74) is 2.10. The molecule has 0 saturated carbocycles. The van der Waals surface area contributed by atoms with E-state index < -0.39 is 5.97 Å². The number of aromatic nitrogens is 4. The van der Waals surface area contributed by atoms with Gasteiger partial charge in [0.05, 0.1) is 18.4 Å². The fourth-order valence-electron chi connectivity index (χ4n) is 2.07. The Morgan fingerprint density at radius 1 is 1.43 bits per heavy atom. The molecule has 3 rings (SSSR count). The number of hydrogen-bond donors (Lipinski definition) is 0. The zero-order valence-electron chi connectivity index (χ0n) is 12.5. The molecule has 6 nitrogen and oxygen atoms in total. The molecule has 23 heavy (non-hydrogen) atoms. The first-order valence-corrected chi connectivity index (χ1v) is 8.13. The highest BCUT2D eigenvalue weighted by Gasteiger charge is 2.15. The lowest BCUT2D eigenvalue weighted by molar-refractivity contribution is 0.0598. The number of methoxy groups -OCH3 is 1. The van der Waals surface area contributed by atoms with Gasteiger partial charge in [-0.3, -0.25) is 0 Å². The number of thioether (sulfide) groups is 1. The molecule has 2 heterocycles. The smallest absolute Gasteiger partial charge is 0.341 e. The molecule has 0 saturated heterocycles. The number of ether oxygens (including phenoxy) is 1. The summed E-state index contributed by atoms with van der Waals surface area (Å²) >= 11 is 7.45. The minimum atomic E-state index is -0.444. The van der Waals surface area contributed by atoms with Crippen LogP contribution in [0.3, 0.4) is 0 Å². The van der Waals surface area contributed by atoms with Crippen LogP contribution in [-0.4, -0.2) is 32.7 Å². The van der Waals surface area contributed by atoms with Gasteiger partial charge < -0.3 is 4.74 Å². The van der Waals surface area contributed by atoms with Crippen LogP contribution >= 0.6 is 23.4 Å². The number of hydrogen-bond acceptors (Lipinski definition) is 6. The molecule has 0 aliphatic heterocycles. The quantitative estimate of drug-likeness (QED) is 0.533. The van der Waals surface area contributed by atoms with Crippen molar-refractivity contribution in [2.45, 2.75) is 17.8 Å². The van der Waals surface area contributed by atoms with Crippen LogP contribution in [-0.2, 0) is 10.5 Å². The van der Waals surface area contributed by atoms with E-state index in [0.717, 1.165) is 5.56 Å². The van der Waals surface area contributed by atoms with E-state index in [-0.39, 0.29) is 0 Å². The summed E-state index contributed by atoms with van der Waals surface area (Å²) in [6, 6.07) is 7.64. The number of esters is 1. The standard InChI is InChI=1S/C15H13ClN4O2S/c1-9-12(13(21)22-2)7-17-14-18-15(19-20(9)14)23-8-10-4-3-5-11(16)6-10/h3-7H,8H2,1-2H3. The number of fused-ring (bicyclic) bond motifs is 1. The molecular formula is C15H13ClN4O2S. The van der Waals surface area contributed by atoms with Crippen molar-refractivity contribution < 1.29 is 9.53 Å². The summed E-state index contributed by atoms with van der Waals surface area (Å²) in [7, 11) is 1.33. The maximum Gasteiger partial charge on any atom is 0.341 e.